The maximum atomic E-state index is 6.30. The number of aryl methyl sites for hydroxylation is 3. The predicted octanol–water partition coefficient (Wildman–Crippen LogP) is 4.38. The Bertz CT molecular complexity index is 1140. The lowest BCUT2D eigenvalue weighted by Crippen LogP contribution is -2.58. The molecule has 10 heteroatoms. The zero-order valence-corrected chi connectivity index (χ0v) is 20.0. The van der Waals surface area contributed by atoms with Crippen molar-refractivity contribution in [2.75, 3.05) is 0 Å². The first kappa shape index (κ1) is 19.9. The average molecular weight is 507 g/mol. The Hall–Kier alpha value is -1.74. The van der Waals surface area contributed by atoms with E-state index in [1.807, 2.05) is 24.9 Å². The van der Waals surface area contributed by atoms with Gasteiger partial charge in [-0.25, -0.2) is 9.67 Å². The minimum Gasteiger partial charge on any atom is -0.425 e. The van der Waals surface area contributed by atoms with Crippen LogP contribution in [0.25, 0.3) is 0 Å². The van der Waals surface area contributed by atoms with E-state index in [0.29, 0.717) is 35.4 Å². The number of aromatic nitrogens is 7. The van der Waals surface area contributed by atoms with E-state index in [0.717, 1.165) is 41.6 Å². The summed E-state index contributed by atoms with van der Waals surface area (Å²) in [6.45, 7) is 4.59. The van der Waals surface area contributed by atoms with E-state index < -0.39 is 0 Å². The Morgan fingerprint density at radius 2 is 1.94 bits per heavy atom. The van der Waals surface area contributed by atoms with Crippen molar-refractivity contribution in [3.05, 3.63) is 39.3 Å². The van der Waals surface area contributed by atoms with Gasteiger partial charge >= 0.3 is 0 Å². The standard InChI is InChI=1S/C21H25BrClN7O/c1-12-17(23)13(2)29(27-12)4-3-16-25-26-18(31-16)20-6-14-5-15(7-20)9-21(8-14,10-20)30-11-24-19(22)28-30/h11,14-15H,3-10H2,1-2H3. The van der Waals surface area contributed by atoms with Gasteiger partial charge in [0.1, 0.15) is 6.33 Å². The molecule has 164 valence electrons. The lowest BCUT2D eigenvalue weighted by atomic mass is 9.47. The molecule has 0 radical (unpaired) electrons. The first-order valence-corrected chi connectivity index (χ1v) is 12.1. The third-order valence-electron chi connectivity index (χ3n) is 7.73. The molecule has 3 aromatic heterocycles. The Labute approximate surface area is 193 Å². The molecular formula is C21H25BrClN7O. The fourth-order valence-electron chi connectivity index (χ4n) is 6.87. The van der Waals surface area contributed by atoms with Gasteiger partial charge in [-0.1, -0.05) is 11.6 Å². The van der Waals surface area contributed by atoms with Crippen molar-refractivity contribution in [3.8, 4) is 0 Å². The van der Waals surface area contributed by atoms with Crippen molar-refractivity contribution in [1.29, 1.82) is 0 Å². The quantitative estimate of drug-likeness (QED) is 0.510. The van der Waals surface area contributed by atoms with Crippen molar-refractivity contribution >= 4 is 27.5 Å². The summed E-state index contributed by atoms with van der Waals surface area (Å²) in [5.74, 6) is 2.84. The van der Waals surface area contributed by atoms with Crippen molar-refractivity contribution in [2.45, 2.75) is 76.3 Å². The summed E-state index contributed by atoms with van der Waals surface area (Å²) in [5.41, 5.74) is 1.79. The first-order chi connectivity index (χ1) is 14.9. The molecule has 3 aromatic rings. The van der Waals surface area contributed by atoms with E-state index in [1.165, 1.54) is 19.3 Å². The van der Waals surface area contributed by atoms with Gasteiger partial charge in [-0.3, -0.25) is 4.68 Å². The molecule has 4 aliphatic rings. The largest absolute Gasteiger partial charge is 0.425 e. The molecule has 0 amide bonds. The molecule has 0 aromatic carbocycles. The molecule has 4 fully saturated rings. The fraction of sp³-hybridized carbons (Fsp3) is 0.667. The summed E-state index contributed by atoms with van der Waals surface area (Å²) in [6, 6.07) is 0. The predicted molar refractivity (Wildman–Crippen MR) is 117 cm³/mol. The van der Waals surface area contributed by atoms with Gasteiger partial charge < -0.3 is 4.42 Å². The normalized spacial score (nSPS) is 31.6. The van der Waals surface area contributed by atoms with Gasteiger partial charge in [0, 0.05) is 13.0 Å². The molecule has 8 nitrogen and oxygen atoms in total. The Kier molecular flexibility index (Phi) is 4.42. The minimum absolute atomic E-state index is 0.0121. The van der Waals surface area contributed by atoms with Crippen molar-refractivity contribution < 1.29 is 4.42 Å². The molecule has 4 bridgehead atoms. The maximum Gasteiger partial charge on any atom is 0.222 e. The summed E-state index contributed by atoms with van der Waals surface area (Å²) in [6.07, 6.45) is 9.43. The average Bonchev–Trinajstić information content (AvgIpc) is 3.43. The molecule has 0 N–H and O–H groups in total. The second kappa shape index (κ2) is 6.88. The molecular weight excluding hydrogens is 482 g/mol. The highest BCUT2D eigenvalue weighted by atomic mass is 79.9. The van der Waals surface area contributed by atoms with E-state index in [-0.39, 0.29) is 11.0 Å². The topological polar surface area (TPSA) is 87.5 Å². The number of hydrogen-bond donors (Lipinski definition) is 0. The van der Waals surface area contributed by atoms with Crippen LogP contribution in [0.3, 0.4) is 0 Å². The highest BCUT2D eigenvalue weighted by Crippen LogP contribution is 2.64. The Balaban J connectivity index is 1.26. The SMILES string of the molecule is Cc1nn(CCc2nnc(C34CC5CC(C3)CC(n3cnc(Br)n3)(C5)C4)o2)c(C)c1Cl. The van der Waals surface area contributed by atoms with Crippen LogP contribution in [0, 0.1) is 25.7 Å². The summed E-state index contributed by atoms with van der Waals surface area (Å²) >= 11 is 9.70. The molecule has 7 rings (SSSR count). The number of nitrogens with zero attached hydrogens (tertiary/aromatic N) is 7. The van der Waals surface area contributed by atoms with E-state index in [9.17, 15) is 0 Å². The second-order valence-corrected chi connectivity index (χ2v) is 11.0. The number of rotatable bonds is 5. The maximum absolute atomic E-state index is 6.30. The summed E-state index contributed by atoms with van der Waals surface area (Å²) in [4.78, 5) is 4.34. The van der Waals surface area contributed by atoms with Crippen molar-refractivity contribution in [3.63, 3.8) is 0 Å². The lowest BCUT2D eigenvalue weighted by molar-refractivity contribution is -0.0777. The molecule has 4 aliphatic carbocycles. The van der Waals surface area contributed by atoms with Gasteiger partial charge in [-0.2, -0.15) is 5.10 Å². The Morgan fingerprint density at radius 1 is 1.16 bits per heavy atom. The third-order valence-corrected chi connectivity index (χ3v) is 8.64. The van der Waals surface area contributed by atoms with Gasteiger partial charge in [-0.15, -0.1) is 15.3 Å². The second-order valence-electron chi connectivity index (χ2n) is 9.88. The van der Waals surface area contributed by atoms with Crippen LogP contribution in [-0.2, 0) is 23.9 Å². The highest BCUT2D eigenvalue weighted by molar-refractivity contribution is 9.10. The van der Waals surface area contributed by atoms with Crippen LogP contribution >= 0.6 is 27.5 Å². The van der Waals surface area contributed by atoms with Crippen LogP contribution in [0.15, 0.2) is 15.5 Å². The van der Waals surface area contributed by atoms with Gasteiger partial charge in [0.2, 0.25) is 16.5 Å². The number of halogens is 2. The number of hydrogen-bond acceptors (Lipinski definition) is 6. The minimum atomic E-state index is -0.0464. The summed E-state index contributed by atoms with van der Waals surface area (Å²) in [5, 5.41) is 18.9. The Morgan fingerprint density at radius 3 is 2.58 bits per heavy atom. The molecule has 0 aliphatic heterocycles. The van der Waals surface area contributed by atoms with E-state index in [2.05, 4.69) is 46.0 Å². The molecule has 0 spiro atoms. The van der Waals surface area contributed by atoms with Crippen LogP contribution in [0.1, 0.15) is 61.7 Å². The van der Waals surface area contributed by atoms with Gasteiger partial charge in [0.25, 0.3) is 0 Å². The molecule has 3 heterocycles. The third kappa shape index (κ3) is 3.10. The van der Waals surface area contributed by atoms with Gasteiger partial charge in [-0.05, 0) is 80.1 Å². The molecule has 0 saturated heterocycles. The highest BCUT2D eigenvalue weighted by Gasteiger charge is 2.61. The summed E-state index contributed by atoms with van der Waals surface area (Å²) < 4.78 is 11.0. The van der Waals surface area contributed by atoms with Gasteiger partial charge in [0.15, 0.2) is 0 Å². The zero-order chi connectivity index (χ0) is 21.4. The van der Waals surface area contributed by atoms with E-state index in [4.69, 9.17) is 16.0 Å². The molecule has 4 saturated carbocycles. The zero-order valence-electron chi connectivity index (χ0n) is 17.7. The van der Waals surface area contributed by atoms with Crippen molar-refractivity contribution in [1.82, 2.24) is 34.7 Å². The van der Waals surface area contributed by atoms with Crippen molar-refractivity contribution in [2.24, 2.45) is 11.8 Å². The van der Waals surface area contributed by atoms with Gasteiger partial charge in [0.05, 0.1) is 27.4 Å². The monoisotopic (exact) mass is 505 g/mol. The van der Waals surface area contributed by atoms with E-state index >= 15 is 0 Å². The van der Waals surface area contributed by atoms with Crippen LogP contribution in [0.2, 0.25) is 5.02 Å². The fourth-order valence-corrected chi connectivity index (χ4v) is 7.26. The smallest absolute Gasteiger partial charge is 0.222 e. The van der Waals surface area contributed by atoms with Crippen LogP contribution in [0.4, 0.5) is 0 Å². The molecule has 2 atom stereocenters. The van der Waals surface area contributed by atoms with Crippen LogP contribution < -0.4 is 0 Å². The van der Waals surface area contributed by atoms with E-state index in [1.54, 1.807) is 0 Å². The van der Waals surface area contributed by atoms with Crippen LogP contribution in [-0.4, -0.2) is 34.7 Å². The molecule has 31 heavy (non-hydrogen) atoms. The van der Waals surface area contributed by atoms with Crippen LogP contribution in [0.5, 0.6) is 0 Å². The molecule has 2 unspecified atom stereocenters. The first-order valence-electron chi connectivity index (χ1n) is 11.0. The lowest BCUT2D eigenvalue weighted by Gasteiger charge is -2.60. The summed E-state index contributed by atoms with van der Waals surface area (Å²) in [7, 11) is 0.